The molecule has 1 unspecified atom stereocenters. The Morgan fingerprint density at radius 1 is 1.05 bits per heavy atom. The van der Waals surface area contributed by atoms with Crippen molar-refractivity contribution in [3.8, 4) is 5.75 Å². The summed E-state index contributed by atoms with van der Waals surface area (Å²) in [6.45, 7) is 9.34. The number of carbonyl (C=O) groups is 3. The molecule has 0 saturated heterocycles. The van der Waals surface area contributed by atoms with Crippen LogP contribution in [0.25, 0.3) is 0 Å². The third-order valence-electron chi connectivity index (χ3n) is 5.55. The van der Waals surface area contributed by atoms with Crippen LogP contribution in [0.15, 0.2) is 29.4 Å². The maximum Gasteiger partial charge on any atom is 0.348 e. The Balaban J connectivity index is 1.68. The van der Waals surface area contributed by atoms with Gasteiger partial charge in [0, 0.05) is 7.05 Å². The monoisotopic (exact) mass is 560 g/mol. The van der Waals surface area contributed by atoms with E-state index >= 15 is 0 Å². The number of ether oxygens (including phenoxy) is 3. The topological polar surface area (TPSA) is 122 Å². The van der Waals surface area contributed by atoms with Gasteiger partial charge in [-0.25, -0.2) is 9.59 Å². The Kier molecular flexibility index (Phi) is 10.3. The van der Waals surface area contributed by atoms with Crippen molar-refractivity contribution in [2.24, 2.45) is 7.05 Å². The molecular formula is C26H32N4O6S2. The number of esters is 2. The second-order valence-corrected chi connectivity index (χ2v) is 10.2. The van der Waals surface area contributed by atoms with Gasteiger partial charge >= 0.3 is 11.9 Å². The van der Waals surface area contributed by atoms with Crippen LogP contribution in [0, 0.1) is 6.92 Å². The lowest BCUT2D eigenvalue weighted by molar-refractivity contribution is -0.113. The highest BCUT2D eigenvalue weighted by atomic mass is 32.2. The van der Waals surface area contributed by atoms with Crippen LogP contribution in [-0.4, -0.2) is 51.6 Å². The summed E-state index contributed by atoms with van der Waals surface area (Å²) in [7, 11) is 1.81. The number of aromatic nitrogens is 3. The van der Waals surface area contributed by atoms with E-state index in [-0.39, 0.29) is 46.4 Å². The predicted molar refractivity (Wildman–Crippen MR) is 146 cm³/mol. The predicted octanol–water partition coefficient (Wildman–Crippen LogP) is 4.97. The third-order valence-corrected chi connectivity index (χ3v) is 7.76. The average Bonchev–Trinajstić information content (AvgIpc) is 3.42. The number of anilines is 1. The molecule has 12 heteroatoms. The average molecular weight is 561 g/mol. The molecule has 38 heavy (non-hydrogen) atoms. The van der Waals surface area contributed by atoms with Crippen LogP contribution in [0.2, 0.25) is 0 Å². The molecule has 1 amide bonds. The normalized spacial score (nSPS) is 11.6. The van der Waals surface area contributed by atoms with E-state index in [4.69, 9.17) is 14.2 Å². The van der Waals surface area contributed by atoms with Gasteiger partial charge in [0.05, 0.1) is 24.5 Å². The second-order valence-electron chi connectivity index (χ2n) is 8.20. The van der Waals surface area contributed by atoms with Gasteiger partial charge in [-0.05, 0) is 57.4 Å². The van der Waals surface area contributed by atoms with Crippen LogP contribution in [0.5, 0.6) is 5.75 Å². The van der Waals surface area contributed by atoms with E-state index in [1.807, 2.05) is 38.2 Å². The fraction of sp³-hybridized carbons (Fsp3) is 0.423. The summed E-state index contributed by atoms with van der Waals surface area (Å²) >= 11 is 2.18. The number of benzene rings is 1. The van der Waals surface area contributed by atoms with Crippen molar-refractivity contribution in [1.29, 1.82) is 0 Å². The molecule has 204 valence electrons. The summed E-state index contributed by atoms with van der Waals surface area (Å²) in [5.41, 5.74) is 1.79. The van der Waals surface area contributed by atoms with Crippen LogP contribution in [0.3, 0.4) is 0 Å². The number of thioether (sulfide) groups is 1. The number of hydrogen-bond acceptors (Lipinski definition) is 10. The Hall–Kier alpha value is -3.38. The van der Waals surface area contributed by atoms with Crippen LogP contribution in [0.1, 0.15) is 70.8 Å². The molecule has 0 saturated carbocycles. The fourth-order valence-corrected chi connectivity index (χ4v) is 5.42. The molecule has 1 atom stereocenters. The Labute approximate surface area is 230 Å². The van der Waals surface area contributed by atoms with Gasteiger partial charge < -0.3 is 24.1 Å². The van der Waals surface area contributed by atoms with Crippen molar-refractivity contribution in [2.75, 3.05) is 24.3 Å². The minimum Gasteiger partial charge on any atom is -0.483 e. The summed E-state index contributed by atoms with van der Waals surface area (Å²) in [5.74, 6) is -0.187. The molecule has 3 aromatic rings. The van der Waals surface area contributed by atoms with E-state index in [1.165, 1.54) is 17.3 Å². The number of aryl methyl sites for hydroxylation is 1. The zero-order valence-corrected chi connectivity index (χ0v) is 24.0. The van der Waals surface area contributed by atoms with Gasteiger partial charge in [0.25, 0.3) is 0 Å². The minimum absolute atomic E-state index is 0.00758. The SMILES string of the molecule is CCOC(=O)c1sc(NC(=O)CSc2nnc(C(C)Oc3ccc(CC)cc3)n2C)c(C(=O)OCC)c1C. The van der Waals surface area contributed by atoms with Crippen molar-refractivity contribution >= 4 is 45.9 Å². The number of rotatable bonds is 12. The molecule has 2 aromatic heterocycles. The molecule has 0 aliphatic rings. The first kappa shape index (κ1) is 29.2. The lowest BCUT2D eigenvalue weighted by atomic mass is 10.1. The molecule has 0 radical (unpaired) electrons. The molecule has 0 aliphatic heterocycles. The van der Waals surface area contributed by atoms with Gasteiger partial charge in [0.2, 0.25) is 5.91 Å². The summed E-state index contributed by atoms with van der Waals surface area (Å²) < 4.78 is 18.0. The molecule has 1 aromatic carbocycles. The highest BCUT2D eigenvalue weighted by Crippen LogP contribution is 2.34. The van der Waals surface area contributed by atoms with E-state index in [0.29, 0.717) is 16.5 Å². The highest BCUT2D eigenvalue weighted by Gasteiger charge is 2.27. The van der Waals surface area contributed by atoms with Crippen molar-refractivity contribution < 1.29 is 28.6 Å². The van der Waals surface area contributed by atoms with E-state index in [1.54, 1.807) is 25.3 Å². The molecule has 0 aliphatic carbocycles. The maximum atomic E-state index is 12.8. The van der Waals surface area contributed by atoms with E-state index in [2.05, 4.69) is 22.4 Å². The zero-order chi connectivity index (χ0) is 27.8. The van der Waals surface area contributed by atoms with Crippen LogP contribution < -0.4 is 10.1 Å². The molecule has 10 nitrogen and oxygen atoms in total. The maximum absolute atomic E-state index is 12.8. The van der Waals surface area contributed by atoms with Crippen molar-refractivity contribution in [1.82, 2.24) is 14.8 Å². The van der Waals surface area contributed by atoms with Gasteiger partial charge in [0.1, 0.15) is 15.6 Å². The largest absolute Gasteiger partial charge is 0.483 e. The molecule has 0 bridgehead atoms. The molecule has 0 fully saturated rings. The van der Waals surface area contributed by atoms with E-state index in [9.17, 15) is 14.4 Å². The van der Waals surface area contributed by atoms with Crippen LogP contribution >= 0.6 is 23.1 Å². The van der Waals surface area contributed by atoms with E-state index in [0.717, 1.165) is 23.5 Å². The lowest BCUT2D eigenvalue weighted by Crippen LogP contribution is -2.17. The Bertz CT molecular complexity index is 1290. The summed E-state index contributed by atoms with van der Waals surface area (Å²) in [6.07, 6.45) is 0.599. The second kappa shape index (κ2) is 13.4. The standard InChI is InChI=1S/C26H32N4O6S2/c1-7-17-10-12-18(13-11-17)36-16(5)22-28-29-26(30(22)6)37-14-19(31)27-23-20(24(32)34-8-2)15(4)21(38-23)25(33)35-9-3/h10-13,16H,7-9,14H2,1-6H3,(H,27,31). The van der Waals surface area contributed by atoms with Gasteiger partial charge in [-0.2, -0.15) is 0 Å². The van der Waals surface area contributed by atoms with Crippen molar-refractivity contribution in [2.45, 2.75) is 52.3 Å². The minimum atomic E-state index is -0.615. The smallest absolute Gasteiger partial charge is 0.348 e. The van der Waals surface area contributed by atoms with Crippen molar-refractivity contribution in [3.05, 3.63) is 51.7 Å². The molecule has 3 rings (SSSR count). The number of carbonyl (C=O) groups excluding carboxylic acids is 3. The quantitative estimate of drug-likeness (QED) is 0.242. The number of hydrogen-bond donors (Lipinski definition) is 1. The molecular weight excluding hydrogens is 528 g/mol. The number of thiophene rings is 1. The molecule has 0 spiro atoms. The Morgan fingerprint density at radius 2 is 1.71 bits per heavy atom. The first-order valence-electron chi connectivity index (χ1n) is 12.2. The lowest BCUT2D eigenvalue weighted by Gasteiger charge is -2.14. The fourth-order valence-electron chi connectivity index (χ4n) is 3.60. The van der Waals surface area contributed by atoms with Crippen molar-refractivity contribution in [3.63, 3.8) is 0 Å². The van der Waals surface area contributed by atoms with Crippen LogP contribution in [0.4, 0.5) is 5.00 Å². The van der Waals surface area contributed by atoms with Gasteiger partial charge in [-0.1, -0.05) is 30.8 Å². The molecule has 2 heterocycles. The van der Waals surface area contributed by atoms with Gasteiger partial charge in [-0.15, -0.1) is 21.5 Å². The Morgan fingerprint density at radius 3 is 2.34 bits per heavy atom. The number of amides is 1. The highest BCUT2D eigenvalue weighted by molar-refractivity contribution is 7.99. The van der Waals surface area contributed by atoms with Gasteiger partial charge in [-0.3, -0.25) is 4.79 Å². The van der Waals surface area contributed by atoms with E-state index < -0.39 is 11.9 Å². The number of nitrogens with zero attached hydrogens (tertiary/aromatic N) is 3. The molecule has 1 N–H and O–H groups in total. The zero-order valence-electron chi connectivity index (χ0n) is 22.3. The summed E-state index contributed by atoms with van der Waals surface area (Å²) in [4.78, 5) is 37.9. The van der Waals surface area contributed by atoms with Crippen LogP contribution in [-0.2, 0) is 27.7 Å². The first-order chi connectivity index (χ1) is 18.2. The summed E-state index contributed by atoms with van der Waals surface area (Å²) in [6, 6.07) is 7.90. The number of nitrogens with one attached hydrogen (secondary N) is 1. The van der Waals surface area contributed by atoms with Gasteiger partial charge in [0.15, 0.2) is 17.1 Å². The third kappa shape index (κ3) is 6.93. The summed E-state index contributed by atoms with van der Waals surface area (Å²) in [5, 5.41) is 12.0. The first-order valence-corrected chi connectivity index (χ1v) is 14.0.